The van der Waals surface area contributed by atoms with E-state index in [0.717, 1.165) is 23.3 Å². The Balaban J connectivity index is 1.49. The number of thiophene rings is 1. The summed E-state index contributed by atoms with van der Waals surface area (Å²) in [5.74, 6) is 2.49. The zero-order valence-corrected chi connectivity index (χ0v) is 14.6. The zero-order chi connectivity index (χ0) is 16.7. The van der Waals surface area contributed by atoms with Crippen LogP contribution in [0, 0.1) is 17.8 Å². The molecule has 3 atom stereocenters. The summed E-state index contributed by atoms with van der Waals surface area (Å²) in [5, 5.41) is 4.71. The first-order valence-corrected chi connectivity index (χ1v) is 9.85. The number of urea groups is 1. The summed E-state index contributed by atoms with van der Waals surface area (Å²) >= 11 is 1.55. The maximum absolute atomic E-state index is 13.0. The quantitative estimate of drug-likeness (QED) is 0.879. The molecule has 3 N–H and O–H groups in total. The third-order valence-electron chi connectivity index (χ3n) is 6.01. The van der Waals surface area contributed by atoms with Crippen LogP contribution in [0.1, 0.15) is 49.4 Å². The predicted molar refractivity (Wildman–Crippen MR) is 93.5 cm³/mol. The van der Waals surface area contributed by atoms with E-state index in [1.807, 2.05) is 17.5 Å². The second-order valence-corrected chi connectivity index (χ2v) is 8.74. The number of hydrogen-bond donors (Lipinski definition) is 2. The monoisotopic (exact) mass is 347 g/mol. The number of primary amides is 1. The molecule has 3 amide bonds. The molecule has 2 saturated carbocycles. The maximum Gasteiger partial charge on any atom is 0.312 e. The van der Waals surface area contributed by atoms with E-state index in [2.05, 4.69) is 10.2 Å². The average Bonchev–Trinajstić information content (AvgIpc) is 2.97. The Kier molecular flexibility index (Phi) is 4.24. The number of fused-ring (bicyclic) bond motifs is 1. The highest BCUT2D eigenvalue weighted by molar-refractivity contribution is 7.10. The van der Waals surface area contributed by atoms with Crippen molar-refractivity contribution in [2.75, 3.05) is 6.54 Å². The van der Waals surface area contributed by atoms with Gasteiger partial charge in [0.1, 0.15) is 0 Å². The van der Waals surface area contributed by atoms with Crippen LogP contribution in [0.4, 0.5) is 4.79 Å². The van der Waals surface area contributed by atoms with Gasteiger partial charge in [-0.05, 0) is 61.3 Å². The Morgan fingerprint density at radius 1 is 1.21 bits per heavy atom. The van der Waals surface area contributed by atoms with Gasteiger partial charge >= 0.3 is 6.03 Å². The van der Waals surface area contributed by atoms with E-state index in [-0.39, 0.29) is 11.9 Å². The molecule has 3 unspecified atom stereocenters. The molecule has 6 heteroatoms. The number of rotatable bonds is 4. The number of nitrogens with zero attached hydrogens (tertiary/aromatic N) is 1. The normalized spacial score (nSPS) is 32.4. The van der Waals surface area contributed by atoms with E-state index in [9.17, 15) is 9.59 Å². The highest BCUT2D eigenvalue weighted by Gasteiger charge is 2.44. The van der Waals surface area contributed by atoms with E-state index in [1.165, 1.54) is 32.1 Å². The van der Waals surface area contributed by atoms with Gasteiger partial charge in [-0.1, -0.05) is 6.07 Å². The van der Waals surface area contributed by atoms with Crippen LogP contribution < -0.4 is 11.1 Å². The van der Waals surface area contributed by atoms with Gasteiger partial charge in [-0.2, -0.15) is 0 Å². The lowest BCUT2D eigenvalue weighted by Crippen LogP contribution is -2.44. The topological polar surface area (TPSA) is 75.4 Å². The van der Waals surface area contributed by atoms with Crippen LogP contribution in [0.2, 0.25) is 0 Å². The molecule has 0 spiro atoms. The van der Waals surface area contributed by atoms with Gasteiger partial charge in [0.05, 0.1) is 12.5 Å². The van der Waals surface area contributed by atoms with E-state index in [0.29, 0.717) is 18.4 Å². The van der Waals surface area contributed by atoms with Crippen LogP contribution in [0.25, 0.3) is 0 Å². The number of carbonyl (C=O) groups is 2. The second kappa shape index (κ2) is 6.39. The lowest BCUT2D eigenvalue weighted by molar-refractivity contribution is -0.134. The van der Waals surface area contributed by atoms with Crippen LogP contribution in [0.5, 0.6) is 0 Å². The van der Waals surface area contributed by atoms with E-state index < -0.39 is 6.03 Å². The molecule has 2 saturated heterocycles. The molecular weight excluding hydrogens is 322 g/mol. The Morgan fingerprint density at radius 3 is 2.54 bits per heavy atom. The molecular formula is C18H25N3O2S. The summed E-state index contributed by atoms with van der Waals surface area (Å²) in [6.45, 7) is 0.907. The molecule has 2 aliphatic carbocycles. The summed E-state index contributed by atoms with van der Waals surface area (Å²) < 4.78 is 0. The van der Waals surface area contributed by atoms with Crippen molar-refractivity contribution in [2.24, 2.45) is 23.5 Å². The highest BCUT2D eigenvalue weighted by atomic mass is 32.1. The first kappa shape index (κ1) is 15.9. The van der Waals surface area contributed by atoms with Gasteiger partial charge in [0.2, 0.25) is 5.91 Å². The van der Waals surface area contributed by atoms with Gasteiger partial charge < -0.3 is 16.0 Å². The number of nitrogens with one attached hydrogen (secondary N) is 1. The minimum absolute atomic E-state index is 0.167. The van der Waals surface area contributed by atoms with Crippen molar-refractivity contribution in [1.82, 2.24) is 10.2 Å². The average molecular weight is 347 g/mol. The van der Waals surface area contributed by atoms with Crippen molar-refractivity contribution in [3.05, 3.63) is 22.4 Å². The number of hydrogen-bond acceptors (Lipinski definition) is 3. The number of amides is 3. The molecule has 24 heavy (non-hydrogen) atoms. The van der Waals surface area contributed by atoms with Gasteiger partial charge in [0.15, 0.2) is 0 Å². The molecule has 3 heterocycles. The summed E-state index contributed by atoms with van der Waals surface area (Å²) in [6, 6.07) is 3.41. The van der Waals surface area contributed by atoms with Crippen molar-refractivity contribution in [1.29, 1.82) is 0 Å². The molecule has 5 nitrogen and oxygen atoms in total. The van der Waals surface area contributed by atoms with Crippen molar-refractivity contribution < 1.29 is 9.59 Å². The molecule has 4 bridgehead atoms. The minimum Gasteiger partial charge on any atom is -0.352 e. The van der Waals surface area contributed by atoms with Crippen molar-refractivity contribution in [3.8, 4) is 0 Å². The van der Waals surface area contributed by atoms with Gasteiger partial charge in [0, 0.05) is 17.5 Å². The van der Waals surface area contributed by atoms with Crippen LogP contribution in [-0.4, -0.2) is 29.4 Å². The van der Waals surface area contributed by atoms with E-state index >= 15 is 0 Å². The Hall–Kier alpha value is -1.56. The maximum atomic E-state index is 13.0. The third kappa shape index (κ3) is 3.16. The Bertz CT molecular complexity index is 604. The largest absolute Gasteiger partial charge is 0.352 e. The standard InChI is InChI=1S/C18H25N3O2S/c19-18(23)20-15(16-2-1-3-24-16)9-17(22)21-10-13-5-11-4-12(6-13)8-14(21)7-11/h1-3,11-15H,4-10H2,(H3,19,20,23). The zero-order valence-electron chi connectivity index (χ0n) is 13.8. The predicted octanol–water partition coefficient (Wildman–Crippen LogP) is 2.88. The lowest BCUT2D eigenvalue weighted by atomic mass is 9.68. The lowest BCUT2D eigenvalue weighted by Gasteiger charge is -2.39. The van der Waals surface area contributed by atoms with Crippen molar-refractivity contribution in [3.63, 3.8) is 0 Å². The van der Waals surface area contributed by atoms with Gasteiger partial charge in [-0.15, -0.1) is 11.3 Å². The van der Waals surface area contributed by atoms with Crippen LogP contribution in [0.3, 0.4) is 0 Å². The van der Waals surface area contributed by atoms with Gasteiger partial charge in [-0.25, -0.2) is 4.79 Å². The fraction of sp³-hybridized carbons (Fsp3) is 0.667. The molecule has 1 aromatic rings. The molecule has 0 aromatic carbocycles. The number of nitrogens with two attached hydrogens (primary N) is 1. The molecule has 1 aromatic heterocycles. The first-order valence-electron chi connectivity index (χ1n) is 8.97. The minimum atomic E-state index is -0.572. The SMILES string of the molecule is NC(=O)NC(CC(=O)N1CC2CC3CC(C2)CC1C3)c1cccs1. The fourth-order valence-electron chi connectivity index (χ4n) is 5.27. The van der Waals surface area contributed by atoms with Crippen molar-refractivity contribution in [2.45, 2.75) is 50.6 Å². The van der Waals surface area contributed by atoms with Crippen LogP contribution in [-0.2, 0) is 4.79 Å². The second-order valence-electron chi connectivity index (χ2n) is 7.76. The Labute approximate surface area is 146 Å². The van der Waals surface area contributed by atoms with E-state index in [4.69, 9.17) is 5.73 Å². The molecule has 4 aliphatic rings. The van der Waals surface area contributed by atoms with Crippen molar-refractivity contribution >= 4 is 23.3 Å². The smallest absolute Gasteiger partial charge is 0.312 e. The fourth-order valence-corrected chi connectivity index (χ4v) is 6.04. The van der Waals surface area contributed by atoms with Crippen LogP contribution in [0.15, 0.2) is 17.5 Å². The molecule has 130 valence electrons. The first-order chi connectivity index (χ1) is 11.6. The summed E-state index contributed by atoms with van der Waals surface area (Å²) in [5.41, 5.74) is 5.32. The summed E-state index contributed by atoms with van der Waals surface area (Å²) in [6.07, 6.45) is 6.62. The van der Waals surface area contributed by atoms with Crippen LogP contribution >= 0.6 is 11.3 Å². The van der Waals surface area contributed by atoms with Gasteiger partial charge in [0.25, 0.3) is 0 Å². The molecule has 2 aliphatic heterocycles. The molecule has 4 fully saturated rings. The van der Waals surface area contributed by atoms with E-state index in [1.54, 1.807) is 11.3 Å². The molecule has 0 radical (unpaired) electrons. The Morgan fingerprint density at radius 2 is 1.92 bits per heavy atom. The number of carbonyl (C=O) groups excluding carboxylic acids is 2. The van der Waals surface area contributed by atoms with Gasteiger partial charge in [-0.3, -0.25) is 4.79 Å². The summed E-state index contributed by atoms with van der Waals surface area (Å²) in [7, 11) is 0. The third-order valence-corrected chi connectivity index (χ3v) is 6.99. The molecule has 5 rings (SSSR count). The summed E-state index contributed by atoms with van der Waals surface area (Å²) in [4.78, 5) is 27.5. The highest BCUT2D eigenvalue weighted by Crippen LogP contribution is 2.47.